The van der Waals surface area contributed by atoms with E-state index in [1.807, 2.05) is 0 Å². The number of halogens is 1. The monoisotopic (exact) mass is 543 g/mol. The van der Waals surface area contributed by atoms with E-state index in [2.05, 4.69) is 20.7 Å². The van der Waals surface area contributed by atoms with Crippen LogP contribution in [0.15, 0.2) is 62.8 Å². The minimum absolute atomic E-state index is 0.0210. The molecular formula is C20H22BrN3O6S2. The van der Waals surface area contributed by atoms with E-state index in [-0.39, 0.29) is 35.5 Å². The number of ether oxygens (including phenoxy) is 1. The van der Waals surface area contributed by atoms with Crippen molar-refractivity contribution in [2.24, 2.45) is 5.73 Å². The summed E-state index contributed by atoms with van der Waals surface area (Å²) >= 11 is 3.29. The van der Waals surface area contributed by atoms with Gasteiger partial charge in [0, 0.05) is 16.4 Å². The molecule has 3 rings (SSSR count). The lowest BCUT2D eigenvalue weighted by atomic mass is 10.2. The molecule has 1 aromatic heterocycles. The van der Waals surface area contributed by atoms with Gasteiger partial charge in [-0.25, -0.2) is 30.3 Å². The molecule has 3 aromatic rings. The van der Waals surface area contributed by atoms with Crippen molar-refractivity contribution in [1.82, 2.24) is 8.69 Å². The summed E-state index contributed by atoms with van der Waals surface area (Å²) in [5, 5.41) is 0.0576. The molecule has 2 aromatic carbocycles. The summed E-state index contributed by atoms with van der Waals surface area (Å²) < 4.78 is 62.4. The van der Waals surface area contributed by atoms with E-state index in [0.29, 0.717) is 10.9 Å². The molecule has 0 aliphatic rings. The molecule has 0 atom stereocenters. The number of fused-ring (bicyclic) bond motifs is 1. The maximum Gasteiger partial charge on any atom is 0.357 e. The third kappa shape index (κ3) is 4.59. The summed E-state index contributed by atoms with van der Waals surface area (Å²) in [5.74, 6) is -1.07. The Balaban J connectivity index is 2.45. The number of benzene rings is 2. The second kappa shape index (κ2) is 9.71. The number of carbonyl (C=O) groups excluding carboxylic acids is 1. The highest BCUT2D eigenvalue weighted by atomic mass is 79.9. The zero-order chi connectivity index (χ0) is 23.5. The van der Waals surface area contributed by atoms with Crippen molar-refractivity contribution in [3.05, 3.63) is 58.7 Å². The second-order valence-corrected chi connectivity index (χ2v) is 11.1. The maximum absolute atomic E-state index is 13.6. The Morgan fingerprint density at radius 3 is 2.44 bits per heavy atom. The van der Waals surface area contributed by atoms with E-state index < -0.39 is 36.6 Å². The number of nitrogens with two attached hydrogens (primary N) is 1. The quantitative estimate of drug-likeness (QED) is 0.312. The first-order valence-corrected chi connectivity index (χ1v) is 13.4. The van der Waals surface area contributed by atoms with Crippen molar-refractivity contribution in [1.29, 1.82) is 0 Å². The van der Waals surface area contributed by atoms with Gasteiger partial charge in [0.05, 0.1) is 17.0 Å². The average molecular weight is 544 g/mol. The van der Waals surface area contributed by atoms with Crippen LogP contribution < -0.4 is 10.5 Å². The lowest BCUT2D eigenvalue weighted by molar-refractivity contribution is 0.0514. The third-order valence-electron chi connectivity index (χ3n) is 4.53. The van der Waals surface area contributed by atoms with E-state index in [9.17, 15) is 21.6 Å². The Labute approximate surface area is 194 Å². The fraction of sp³-hybridized carbons (Fsp3) is 0.250. The van der Waals surface area contributed by atoms with Gasteiger partial charge in [0.2, 0.25) is 10.0 Å². The Hall–Kier alpha value is -2.25. The molecule has 0 saturated carbocycles. The zero-order valence-corrected chi connectivity index (χ0v) is 20.3. The van der Waals surface area contributed by atoms with Crippen LogP contribution in [0.25, 0.3) is 10.9 Å². The second-order valence-electron chi connectivity index (χ2n) is 6.68. The molecule has 0 aliphatic heterocycles. The summed E-state index contributed by atoms with van der Waals surface area (Å²) in [4.78, 5) is 12.4. The molecule has 0 bridgehead atoms. The van der Waals surface area contributed by atoms with Crippen LogP contribution >= 0.6 is 15.9 Å². The molecule has 32 heavy (non-hydrogen) atoms. The first-order valence-electron chi connectivity index (χ1n) is 9.66. The molecule has 0 spiro atoms. The summed E-state index contributed by atoms with van der Waals surface area (Å²) in [7, 11) is -8.65. The van der Waals surface area contributed by atoms with E-state index in [1.54, 1.807) is 19.1 Å². The third-order valence-corrected chi connectivity index (χ3v) is 8.29. The number of aromatic nitrogens is 1. The number of esters is 1. The van der Waals surface area contributed by atoms with Gasteiger partial charge in [-0.1, -0.05) is 34.1 Å². The van der Waals surface area contributed by atoms with Gasteiger partial charge in [-0.05, 0) is 50.2 Å². The highest BCUT2D eigenvalue weighted by Gasteiger charge is 2.36. The molecule has 172 valence electrons. The average Bonchev–Trinajstić information content (AvgIpc) is 3.10. The molecule has 0 saturated heterocycles. The Morgan fingerprint density at radius 2 is 1.81 bits per heavy atom. The van der Waals surface area contributed by atoms with Gasteiger partial charge in [-0.2, -0.15) is 0 Å². The van der Waals surface area contributed by atoms with Crippen molar-refractivity contribution < 1.29 is 26.4 Å². The normalized spacial score (nSPS) is 12.2. The first kappa shape index (κ1) is 24.4. The number of carbonyl (C=O) groups is 1. The van der Waals surface area contributed by atoms with Gasteiger partial charge in [-0.15, -0.1) is 0 Å². The van der Waals surface area contributed by atoms with Gasteiger partial charge in [0.25, 0.3) is 10.0 Å². The standard InChI is InChI=1S/C20H22BrN3O6S2/c1-2-30-20(25)18-19(31(26,27)23-12-6-11-22)16-13-14(21)9-10-17(16)24(18)32(28,29)15-7-4-3-5-8-15/h3-5,7-10,13,23H,2,6,11-12,22H2,1H3. The molecule has 9 nitrogen and oxygen atoms in total. The number of nitrogens with one attached hydrogen (secondary N) is 1. The largest absolute Gasteiger partial charge is 0.461 e. The molecule has 0 amide bonds. The lowest BCUT2D eigenvalue weighted by Gasteiger charge is -2.13. The molecule has 0 aliphatic carbocycles. The van der Waals surface area contributed by atoms with Gasteiger partial charge in [0.15, 0.2) is 5.69 Å². The summed E-state index contributed by atoms with van der Waals surface area (Å²) in [6, 6.07) is 11.9. The van der Waals surface area contributed by atoms with Crippen LogP contribution in [0.1, 0.15) is 23.8 Å². The van der Waals surface area contributed by atoms with Crippen molar-refractivity contribution >= 4 is 52.8 Å². The van der Waals surface area contributed by atoms with Gasteiger partial charge in [-0.3, -0.25) is 0 Å². The summed E-state index contributed by atoms with van der Waals surface area (Å²) in [5.41, 5.74) is 4.89. The molecule has 0 radical (unpaired) electrons. The lowest BCUT2D eigenvalue weighted by Crippen LogP contribution is -2.29. The smallest absolute Gasteiger partial charge is 0.357 e. The summed E-state index contributed by atoms with van der Waals surface area (Å²) in [6.07, 6.45) is 0.360. The van der Waals surface area contributed by atoms with E-state index in [1.165, 1.54) is 36.4 Å². The SMILES string of the molecule is CCOC(=O)c1c(S(=O)(=O)NCCCN)c2cc(Br)ccc2n1S(=O)(=O)c1ccccc1. The molecule has 1 heterocycles. The predicted molar refractivity (Wildman–Crippen MR) is 123 cm³/mol. The van der Waals surface area contributed by atoms with Crippen LogP contribution in [0, 0.1) is 0 Å². The summed E-state index contributed by atoms with van der Waals surface area (Å²) in [6.45, 7) is 1.74. The van der Waals surface area contributed by atoms with E-state index in [4.69, 9.17) is 10.5 Å². The van der Waals surface area contributed by atoms with Crippen molar-refractivity contribution in [3.8, 4) is 0 Å². The van der Waals surface area contributed by atoms with Crippen LogP contribution in [0.2, 0.25) is 0 Å². The minimum Gasteiger partial charge on any atom is -0.461 e. The number of hydrogen-bond donors (Lipinski definition) is 2. The number of rotatable bonds is 9. The zero-order valence-electron chi connectivity index (χ0n) is 17.1. The number of hydrogen-bond acceptors (Lipinski definition) is 7. The van der Waals surface area contributed by atoms with Crippen LogP contribution in [-0.4, -0.2) is 46.5 Å². The maximum atomic E-state index is 13.6. The first-order chi connectivity index (χ1) is 15.1. The highest BCUT2D eigenvalue weighted by molar-refractivity contribution is 9.10. The number of sulfonamides is 1. The Morgan fingerprint density at radius 1 is 1.12 bits per heavy atom. The van der Waals surface area contributed by atoms with Gasteiger partial charge < -0.3 is 10.5 Å². The van der Waals surface area contributed by atoms with E-state index >= 15 is 0 Å². The fourth-order valence-corrected chi connectivity index (χ4v) is 6.58. The molecular weight excluding hydrogens is 522 g/mol. The molecule has 0 unspecified atom stereocenters. The number of nitrogens with zero attached hydrogens (tertiary/aromatic N) is 1. The Kier molecular flexibility index (Phi) is 7.40. The van der Waals surface area contributed by atoms with Crippen LogP contribution in [-0.2, 0) is 24.8 Å². The van der Waals surface area contributed by atoms with Crippen molar-refractivity contribution in [3.63, 3.8) is 0 Å². The van der Waals surface area contributed by atoms with Crippen molar-refractivity contribution in [2.75, 3.05) is 19.7 Å². The minimum atomic E-state index is -4.35. The molecule has 0 fully saturated rings. The Bertz CT molecular complexity index is 1350. The van der Waals surface area contributed by atoms with Gasteiger partial charge >= 0.3 is 5.97 Å². The van der Waals surface area contributed by atoms with Crippen LogP contribution in [0.4, 0.5) is 0 Å². The fourth-order valence-electron chi connectivity index (χ4n) is 3.18. The van der Waals surface area contributed by atoms with Crippen LogP contribution in [0.3, 0.4) is 0 Å². The topological polar surface area (TPSA) is 138 Å². The van der Waals surface area contributed by atoms with Gasteiger partial charge in [0.1, 0.15) is 4.90 Å². The molecule has 3 N–H and O–H groups in total. The highest BCUT2D eigenvalue weighted by Crippen LogP contribution is 2.35. The van der Waals surface area contributed by atoms with Crippen LogP contribution in [0.5, 0.6) is 0 Å². The van der Waals surface area contributed by atoms with Crippen molar-refractivity contribution in [2.45, 2.75) is 23.1 Å². The van der Waals surface area contributed by atoms with E-state index in [0.717, 1.165) is 3.97 Å². The molecule has 12 heteroatoms. The predicted octanol–water partition coefficient (Wildman–Crippen LogP) is 2.44.